The second-order valence-corrected chi connectivity index (χ2v) is 4.35. The predicted octanol–water partition coefficient (Wildman–Crippen LogP) is -0.592. The molecule has 19 heavy (non-hydrogen) atoms. The summed E-state index contributed by atoms with van der Waals surface area (Å²) in [5.74, 6) is -0.938. The Morgan fingerprint density at radius 1 is 1.63 bits per heavy atom. The number of aromatic nitrogens is 1. The second-order valence-electron chi connectivity index (χ2n) is 4.35. The van der Waals surface area contributed by atoms with E-state index in [0.29, 0.717) is 5.76 Å². The summed E-state index contributed by atoms with van der Waals surface area (Å²) >= 11 is 0. The minimum Gasteiger partial charge on any atom is -0.480 e. The van der Waals surface area contributed by atoms with Gasteiger partial charge in [-0.1, -0.05) is 0 Å². The fourth-order valence-electron chi connectivity index (χ4n) is 1.95. The summed E-state index contributed by atoms with van der Waals surface area (Å²) in [6.45, 7) is 1.33. The number of amides is 1. The topological polar surface area (TPSA) is 113 Å². The molecule has 2 N–H and O–H groups in total. The van der Waals surface area contributed by atoms with Crippen LogP contribution < -0.4 is 4.74 Å². The van der Waals surface area contributed by atoms with Gasteiger partial charge in [0.15, 0.2) is 6.61 Å². The van der Waals surface area contributed by atoms with E-state index in [1.807, 2.05) is 0 Å². The lowest BCUT2D eigenvalue weighted by Crippen LogP contribution is -2.42. The fourth-order valence-corrected chi connectivity index (χ4v) is 1.95. The number of nitrogens with zero attached hydrogens (tertiary/aromatic N) is 2. The van der Waals surface area contributed by atoms with E-state index in [-0.39, 0.29) is 25.5 Å². The largest absolute Gasteiger partial charge is 0.480 e. The van der Waals surface area contributed by atoms with E-state index in [9.17, 15) is 14.7 Å². The minimum absolute atomic E-state index is 0.00297. The number of likely N-dealkylation sites (tertiary alicyclic amines) is 1. The quantitative estimate of drug-likeness (QED) is 0.751. The monoisotopic (exact) mass is 270 g/mol. The van der Waals surface area contributed by atoms with Crippen LogP contribution in [0.25, 0.3) is 0 Å². The maximum Gasteiger partial charge on any atom is 0.326 e. The summed E-state index contributed by atoms with van der Waals surface area (Å²) in [5.41, 5.74) is 0. The van der Waals surface area contributed by atoms with Gasteiger partial charge < -0.3 is 24.4 Å². The molecule has 1 fully saturated rings. The summed E-state index contributed by atoms with van der Waals surface area (Å²) in [6, 6.07) is 0.506. The molecule has 0 bridgehead atoms. The highest BCUT2D eigenvalue weighted by Gasteiger charge is 2.38. The zero-order chi connectivity index (χ0) is 14.0. The lowest BCUT2D eigenvalue weighted by atomic mass is 10.2. The molecule has 1 aromatic heterocycles. The van der Waals surface area contributed by atoms with Crippen molar-refractivity contribution in [2.75, 3.05) is 13.2 Å². The summed E-state index contributed by atoms with van der Waals surface area (Å²) in [6.07, 6.45) is -0.788. The maximum atomic E-state index is 11.9. The van der Waals surface area contributed by atoms with Crippen molar-refractivity contribution < 1.29 is 29.1 Å². The molecule has 0 spiro atoms. The number of hydrogen-bond donors (Lipinski definition) is 2. The standard InChI is InChI=1S/C11H14N2O6/c1-6-2-9(12-19-6)18-5-10(15)13-4-7(14)3-8(13)11(16)17/h2,7-8,14H,3-5H2,1H3,(H,16,17)/t7-,8-/m1/s1. The van der Waals surface area contributed by atoms with Gasteiger partial charge in [-0.2, -0.15) is 0 Å². The zero-order valence-corrected chi connectivity index (χ0v) is 10.3. The number of ether oxygens (including phenoxy) is 1. The molecule has 0 radical (unpaired) electrons. The average molecular weight is 270 g/mol. The smallest absolute Gasteiger partial charge is 0.326 e. The first-order chi connectivity index (χ1) is 8.97. The Morgan fingerprint density at radius 3 is 2.95 bits per heavy atom. The highest BCUT2D eigenvalue weighted by molar-refractivity contribution is 5.85. The Hall–Kier alpha value is -2.09. The zero-order valence-electron chi connectivity index (χ0n) is 10.3. The van der Waals surface area contributed by atoms with Gasteiger partial charge in [0, 0.05) is 19.0 Å². The number of hydrogen-bond acceptors (Lipinski definition) is 6. The molecule has 0 saturated carbocycles. The molecule has 0 aliphatic carbocycles. The predicted molar refractivity (Wildman–Crippen MR) is 60.5 cm³/mol. The molecule has 1 amide bonds. The molecule has 8 heteroatoms. The van der Waals surface area contributed by atoms with Crippen molar-refractivity contribution in [3.8, 4) is 5.88 Å². The maximum absolute atomic E-state index is 11.9. The van der Waals surface area contributed by atoms with Crippen molar-refractivity contribution in [3.05, 3.63) is 11.8 Å². The molecule has 1 aliphatic heterocycles. The van der Waals surface area contributed by atoms with Crippen LogP contribution in [-0.2, 0) is 9.59 Å². The molecule has 1 aromatic rings. The highest BCUT2D eigenvalue weighted by atomic mass is 16.5. The Labute approximate surface area is 108 Å². The summed E-state index contributed by atoms with van der Waals surface area (Å²) in [7, 11) is 0. The fraction of sp³-hybridized carbons (Fsp3) is 0.545. The number of carboxylic acid groups (broad SMARTS) is 1. The van der Waals surface area contributed by atoms with Crippen molar-refractivity contribution in [1.82, 2.24) is 10.1 Å². The molecular weight excluding hydrogens is 256 g/mol. The summed E-state index contributed by atoms with van der Waals surface area (Å²) < 4.78 is 9.86. The number of carboxylic acids is 1. The van der Waals surface area contributed by atoms with Gasteiger partial charge in [0.1, 0.15) is 11.8 Å². The first-order valence-electron chi connectivity index (χ1n) is 5.74. The molecule has 2 heterocycles. The SMILES string of the molecule is Cc1cc(OCC(=O)N2C[C@H](O)C[C@@H]2C(=O)O)no1. The third-order valence-corrected chi connectivity index (χ3v) is 2.83. The van der Waals surface area contributed by atoms with Gasteiger partial charge in [0.2, 0.25) is 0 Å². The lowest BCUT2D eigenvalue weighted by molar-refractivity contribution is -0.149. The number of carbonyl (C=O) groups excluding carboxylic acids is 1. The van der Waals surface area contributed by atoms with Crippen LogP contribution in [0.3, 0.4) is 0 Å². The van der Waals surface area contributed by atoms with Crippen LogP contribution in [0, 0.1) is 6.92 Å². The van der Waals surface area contributed by atoms with E-state index < -0.39 is 24.0 Å². The van der Waals surface area contributed by atoms with Crippen LogP contribution in [-0.4, -0.2) is 57.4 Å². The van der Waals surface area contributed by atoms with Crippen molar-refractivity contribution in [3.63, 3.8) is 0 Å². The van der Waals surface area contributed by atoms with Crippen LogP contribution in [0.5, 0.6) is 5.88 Å². The summed E-state index contributed by atoms with van der Waals surface area (Å²) in [5, 5.41) is 21.9. The third-order valence-electron chi connectivity index (χ3n) is 2.83. The van der Waals surface area contributed by atoms with Crippen LogP contribution in [0.2, 0.25) is 0 Å². The number of β-amino-alcohol motifs (C(OH)–C–C–N with tert-alkyl or cyclic N) is 1. The Bertz CT molecular complexity index is 485. The first-order valence-corrected chi connectivity index (χ1v) is 5.74. The van der Waals surface area contributed by atoms with E-state index >= 15 is 0 Å². The van der Waals surface area contributed by atoms with Crippen molar-refractivity contribution in [1.29, 1.82) is 0 Å². The van der Waals surface area contributed by atoms with Crippen molar-refractivity contribution >= 4 is 11.9 Å². The molecule has 1 aliphatic rings. The second kappa shape index (κ2) is 5.27. The molecule has 2 rings (SSSR count). The lowest BCUT2D eigenvalue weighted by Gasteiger charge is -2.20. The van der Waals surface area contributed by atoms with Gasteiger partial charge in [-0.15, -0.1) is 0 Å². The van der Waals surface area contributed by atoms with Gasteiger partial charge >= 0.3 is 5.97 Å². The molecule has 8 nitrogen and oxygen atoms in total. The van der Waals surface area contributed by atoms with E-state index in [1.165, 1.54) is 6.07 Å². The van der Waals surface area contributed by atoms with E-state index in [0.717, 1.165) is 4.90 Å². The third kappa shape index (κ3) is 3.02. The van der Waals surface area contributed by atoms with E-state index in [4.69, 9.17) is 14.4 Å². The molecule has 0 aromatic carbocycles. The number of rotatable bonds is 4. The Balaban J connectivity index is 1.93. The Kier molecular flexibility index (Phi) is 3.70. The normalized spacial score (nSPS) is 22.5. The number of aliphatic hydroxyl groups is 1. The summed E-state index contributed by atoms with van der Waals surface area (Å²) in [4.78, 5) is 23.9. The van der Waals surface area contributed by atoms with E-state index in [1.54, 1.807) is 6.92 Å². The molecule has 0 unspecified atom stereocenters. The van der Waals surface area contributed by atoms with Gasteiger partial charge in [-0.3, -0.25) is 4.79 Å². The van der Waals surface area contributed by atoms with Gasteiger partial charge in [-0.25, -0.2) is 4.79 Å². The molecular formula is C11H14N2O6. The van der Waals surface area contributed by atoms with Crippen LogP contribution in [0.15, 0.2) is 10.6 Å². The van der Waals surface area contributed by atoms with Gasteiger partial charge in [0.05, 0.1) is 6.10 Å². The van der Waals surface area contributed by atoms with E-state index in [2.05, 4.69) is 5.16 Å². The first kappa shape index (κ1) is 13.3. The number of carbonyl (C=O) groups is 2. The molecule has 2 atom stereocenters. The highest BCUT2D eigenvalue weighted by Crippen LogP contribution is 2.18. The van der Waals surface area contributed by atoms with Crippen LogP contribution in [0.4, 0.5) is 0 Å². The van der Waals surface area contributed by atoms with Crippen LogP contribution in [0.1, 0.15) is 12.2 Å². The van der Waals surface area contributed by atoms with Gasteiger partial charge in [0.25, 0.3) is 11.8 Å². The van der Waals surface area contributed by atoms with Gasteiger partial charge in [-0.05, 0) is 12.1 Å². The number of aliphatic carboxylic acids is 1. The molecule has 1 saturated heterocycles. The minimum atomic E-state index is -1.14. The average Bonchev–Trinajstić information content (AvgIpc) is 2.92. The number of aryl methyl sites for hydroxylation is 1. The molecule has 104 valence electrons. The Morgan fingerprint density at radius 2 is 2.37 bits per heavy atom. The van der Waals surface area contributed by atoms with Crippen molar-refractivity contribution in [2.24, 2.45) is 0 Å². The van der Waals surface area contributed by atoms with Crippen molar-refractivity contribution in [2.45, 2.75) is 25.5 Å². The number of aliphatic hydroxyl groups excluding tert-OH is 1. The van der Waals surface area contributed by atoms with Crippen LogP contribution >= 0.6 is 0 Å².